The number of rotatable bonds is 12. The van der Waals surface area contributed by atoms with E-state index in [0.29, 0.717) is 29.2 Å². The highest BCUT2D eigenvalue weighted by molar-refractivity contribution is 6.31. The lowest BCUT2D eigenvalue weighted by Crippen LogP contribution is -2.44. The van der Waals surface area contributed by atoms with Gasteiger partial charge in [0.1, 0.15) is 6.23 Å². The van der Waals surface area contributed by atoms with Crippen molar-refractivity contribution in [2.45, 2.75) is 97.5 Å². The summed E-state index contributed by atoms with van der Waals surface area (Å²) in [5.41, 5.74) is 2.62. The van der Waals surface area contributed by atoms with Gasteiger partial charge in [-0.25, -0.2) is 0 Å². The van der Waals surface area contributed by atoms with Gasteiger partial charge in [-0.05, 0) is 84.7 Å². The van der Waals surface area contributed by atoms with Gasteiger partial charge in [0, 0.05) is 53.4 Å². The monoisotopic (exact) mass is 494 g/mol. The molecule has 0 spiro atoms. The summed E-state index contributed by atoms with van der Waals surface area (Å²) in [6, 6.07) is 5.10. The highest BCUT2D eigenvalue weighted by Gasteiger charge is 2.28. The minimum Gasteiger partial charge on any atom is -0.378 e. The summed E-state index contributed by atoms with van der Waals surface area (Å²) in [7, 11) is 4.33. The third-order valence-corrected chi connectivity index (χ3v) is 7.60. The number of aliphatic hydroxyl groups excluding tert-OH is 1. The summed E-state index contributed by atoms with van der Waals surface area (Å²) >= 11 is 6.51. The smallest absolute Gasteiger partial charge is 0.251 e. The van der Waals surface area contributed by atoms with Crippen LogP contribution in [0.2, 0.25) is 5.02 Å². The number of hydrogen-bond acceptors (Lipinski definition) is 5. The van der Waals surface area contributed by atoms with Crippen molar-refractivity contribution in [1.82, 2.24) is 15.5 Å². The molecule has 1 saturated carbocycles. The average Bonchev–Trinajstić information content (AvgIpc) is 2.80. The lowest BCUT2D eigenvalue weighted by molar-refractivity contribution is 0.0678. The van der Waals surface area contributed by atoms with Gasteiger partial charge in [0.05, 0.1) is 0 Å². The first-order valence-electron chi connectivity index (χ1n) is 13.0. The van der Waals surface area contributed by atoms with E-state index < -0.39 is 6.23 Å². The van der Waals surface area contributed by atoms with Crippen molar-refractivity contribution >= 4 is 23.2 Å². The topological polar surface area (TPSA) is 67.8 Å². The summed E-state index contributed by atoms with van der Waals surface area (Å²) in [6.45, 7) is 11.6. The maximum atomic E-state index is 13.1. The number of nitrogens with zero attached hydrogens (tertiary/aromatic N) is 2. The molecule has 194 valence electrons. The second-order valence-corrected chi connectivity index (χ2v) is 10.7. The van der Waals surface area contributed by atoms with Crippen LogP contribution in [-0.2, 0) is 0 Å². The van der Waals surface area contributed by atoms with E-state index in [1.54, 1.807) is 6.07 Å². The van der Waals surface area contributed by atoms with E-state index in [9.17, 15) is 9.90 Å². The van der Waals surface area contributed by atoms with Crippen molar-refractivity contribution in [3.8, 4) is 0 Å². The summed E-state index contributed by atoms with van der Waals surface area (Å²) in [5.74, 6) is -0.254. The number of carbonyl (C=O) groups is 1. The van der Waals surface area contributed by atoms with Crippen LogP contribution >= 0.6 is 11.6 Å². The number of amides is 1. The summed E-state index contributed by atoms with van der Waals surface area (Å²) in [4.78, 5) is 17.9. The van der Waals surface area contributed by atoms with Crippen molar-refractivity contribution < 1.29 is 9.90 Å². The first kappa shape index (κ1) is 28.9. The first-order valence-corrected chi connectivity index (χ1v) is 13.4. The molecule has 0 aromatic heterocycles. The van der Waals surface area contributed by atoms with Gasteiger partial charge in [-0.1, -0.05) is 31.9 Å². The summed E-state index contributed by atoms with van der Waals surface area (Å²) < 4.78 is 0. The fourth-order valence-corrected chi connectivity index (χ4v) is 5.36. The van der Waals surface area contributed by atoms with Crippen molar-refractivity contribution in [1.29, 1.82) is 0 Å². The second kappa shape index (κ2) is 13.7. The molecule has 1 aromatic rings. The van der Waals surface area contributed by atoms with Crippen LogP contribution in [0.5, 0.6) is 0 Å². The maximum Gasteiger partial charge on any atom is 0.251 e. The zero-order chi connectivity index (χ0) is 25.4. The molecular weight excluding hydrogens is 448 g/mol. The van der Waals surface area contributed by atoms with Gasteiger partial charge in [-0.2, -0.15) is 0 Å². The number of aliphatic hydroxyl groups is 1. The molecule has 0 heterocycles. The van der Waals surface area contributed by atoms with Gasteiger partial charge in [0.15, 0.2) is 0 Å². The van der Waals surface area contributed by atoms with Crippen LogP contribution in [0, 0.1) is 12.8 Å². The molecule has 1 aromatic carbocycles. The number of carbonyl (C=O) groups excluding carboxylic acids is 1. The van der Waals surface area contributed by atoms with Crippen molar-refractivity contribution in [2.75, 3.05) is 32.1 Å². The van der Waals surface area contributed by atoms with Crippen LogP contribution in [0.4, 0.5) is 5.69 Å². The van der Waals surface area contributed by atoms with E-state index in [1.807, 2.05) is 19.9 Å². The Kier molecular flexibility index (Phi) is 11.6. The Hall–Kier alpha value is -1.34. The van der Waals surface area contributed by atoms with E-state index in [-0.39, 0.29) is 17.9 Å². The average molecular weight is 495 g/mol. The van der Waals surface area contributed by atoms with Gasteiger partial charge >= 0.3 is 0 Å². The first-order chi connectivity index (χ1) is 16.1. The number of benzene rings is 1. The fraction of sp³-hybridized carbons (Fsp3) is 0.741. The molecule has 0 bridgehead atoms. The number of anilines is 1. The van der Waals surface area contributed by atoms with Crippen LogP contribution in [0.15, 0.2) is 12.1 Å². The summed E-state index contributed by atoms with van der Waals surface area (Å²) in [5, 5.41) is 17.3. The van der Waals surface area contributed by atoms with Gasteiger partial charge in [0.2, 0.25) is 0 Å². The standard InChI is InChI=1S/C27H47ClN4O2/c1-8-10-19(4)30-26(33)18(3)17-29-27(34)24-15-21(28)16-25(20(24)5)32(9-2)23-13-11-22(12-14-23)31(6)7/h15-16,18-19,22-23,26,30,33H,8-14,17H2,1-7H3,(H,29,34). The van der Waals surface area contributed by atoms with Crippen LogP contribution in [0.25, 0.3) is 0 Å². The molecule has 1 amide bonds. The number of halogens is 1. The predicted octanol–water partition coefficient (Wildman–Crippen LogP) is 4.81. The Morgan fingerprint density at radius 3 is 2.32 bits per heavy atom. The summed E-state index contributed by atoms with van der Waals surface area (Å²) in [6.07, 6.45) is 6.06. The van der Waals surface area contributed by atoms with Gasteiger partial charge < -0.3 is 20.2 Å². The van der Waals surface area contributed by atoms with E-state index in [1.165, 1.54) is 12.8 Å². The van der Waals surface area contributed by atoms with Crippen LogP contribution in [-0.4, -0.2) is 67.5 Å². The molecule has 3 atom stereocenters. The molecule has 1 aliphatic rings. The Labute approximate surface area is 212 Å². The zero-order valence-corrected chi connectivity index (χ0v) is 23.1. The highest BCUT2D eigenvalue weighted by atomic mass is 35.5. The molecule has 0 radical (unpaired) electrons. The zero-order valence-electron chi connectivity index (χ0n) is 22.3. The largest absolute Gasteiger partial charge is 0.378 e. The molecule has 1 fully saturated rings. The predicted molar refractivity (Wildman–Crippen MR) is 144 cm³/mol. The van der Waals surface area contributed by atoms with Gasteiger partial charge in [0.25, 0.3) is 5.91 Å². The van der Waals surface area contributed by atoms with Gasteiger partial charge in [-0.15, -0.1) is 0 Å². The Morgan fingerprint density at radius 2 is 1.76 bits per heavy atom. The van der Waals surface area contributed by atoms with Crippen LogP contribution in [0.1, 0.15) is 82.1 Å². The molecule has 7 heteroatoms. The second-order valence-electron chi connectivity index (χ2n) is 10.3. The molecule has 6 nitrogen and oxygen atoms in total. The lowest BCUT2D eigenvalue weighted by Gasteiger charge is -2.40. The molecule has 34 heavy (non-hydrogen) atoms. The molecule has 3 N–H and O–H groups in total. The Bertz CT molecular complexity index is 780. The Balaban J connectivity index is 2.09. The quantitative estimate of drug-likeness (QED) is 0.364. The van der Waals surface area contributed by atoms with Crippen LogP contribution < -0.4 is 15.5 Å². The van der Waals surface area contributed by atoms with Crippen LogP contribution in [0.3, 0.4) is 0 Å². The third-order valence-electron chi connectivity index (χ3n) is 7.38. The van der Waals surface area contributed by atoms with E-state index in [4.69, 9.17) is 11.6 Å². The molecule has 0 saturated heterocycles. The highest BCUT2D eigenvalue weighted by Crippen LogP contribution is 2.34. The number of nitrogens with one attached hydrogen (secondary N) is 2. The minimum absolute atomic E-state index is 0.110. The molecule has 1 aliphatic carbocycles. The van der Waals surface area contributed by atoms with E-state index >= 15 is 0 Å². The van der Waals surface area contributed by atoms with Crippen molar-refractivity contribution in [3.05, 3.63) is 28.3 Å². The van der Waals surface area contributed by atoms with Crippen molar-refractivity contribution in [2.24, 2.45) is 5.92 Å². The Morgan fingerprint density at radius 1 is 1.15 bits per heavy atom. The molecule has 0 aliphatic heterocycles. The maximum absolute atomic E-state index is 13.1. The molecule has 2 rings (SSSR count). The molecule has 3 unspecified atom stereocenters. The minimum atomic E-state index is -0.661. The molecular formula is C27H47ClN4O2. The third kappa shape index (κ3) is 7.84. The SMILES string of the molecule is CCCC(C)NC(O)C(C)CNC(=O)c1cc(Cl)cc(N(CC)C2CCC(N(C)C)CC2)c1C. The fourth-order valence-electron chi connectivity index (χ4n) is 5.14. The number of hydrogen-bond donors (Lipinski definition) is 3. The normalized spacial score (nSPS) is 21.2. The lowest BCUT2D eigenvalue weighted by atomic mass is 9.89. The van der Waals surface area contributed by atoms with Gasteiger partial charge in [-0.3, -0.25) is 10.1 Å². The van der Waals surface area contributed by atoms with E-state index in [0.717, 1.165) is 43.5 Å². The van der Waals surface area contributed by atoms with Crippen molar-refractivity contribution in [3.63, 3.8) is 0 Å². The van der Waals surface area contributed by atoms with E-state index in [2.05, 4.69) is 55.3 Å².